The van der Waals surface area contributed by atoms with Gasteiger partial charge in [-0.25, -0.2) is 4.68 Å². The van der Waals surface area contributed by atoms with Crippen molar-refractivity contribution in [2.75, 3.05) is 31.1 Å². The Labute approximate surface area is 206 Å². The third-order valence-electron chi connectivity index (χ3n) is 5.97. The topological polar surface area (TPSA) is 97.7 Å². The van der Waals surface area contributed by atoms with Crippen LogP contribution in [0.2, 0.25) is 5.02 Å². The first-order chi connectivity index (χ1) is 16.9. The molecule has 0 bridgehead atoms. The molecule has 0 atom stereocenters. The highest BCUT2D eigenvalue weighted by Crippen LogP contribution is 2.28. The molecular weight excluding hydrogens is 470 g/mol. The number of carbonyl (C=O) groups excluding carboxylic acids is 1. The molecular formula is C25H22ClN5O4. The molecule has 0 saturated carbocycles. The first-order valence-corrected chi connectivity index (χ1v) is 11.5. The minimum absolute atomic E-state index is 0.0832. The number of hydrogen-bond acceptors (Lipinski definition) is 6. The zero-order valence-corrected chi connectivity index (χ0v) is 19.7. The number of para-hydroxylation sites is 1. The van der Waals surface area contributed by atoms with E-state index >= 15 is 0 Å². The summed E-state index contributed by atoms with van der Waals surface area (Å²) in [4.78, 5) is 28.4. The summed E-state index contributed by atoms with van der Waals surface area (Å²) in [5, 5.41) is 16.6. The Balaban J connectivity index is 1.46. The van der Waals surface area contributed by atoms with Gasteiger partial charge in [0.2, 0.25) is 0 Å². The standard InChI is InChI=1S/C25H22ClN5O4/c1-17-9-10-24(35-17)21-16-23(30(27-21)18-5-4-6-19(15-18)31(33)34)25(32)29-13-11-28(12-14-29)22-8-3-2-7-20(22)26/h2-10,15-16H,11-14H2,1H3. The number of nitrogens with zero attached hydrogens (tertiary/aromatic N) is 5. The van der Waals surface area contributed by atoms with E-state index in [0.717, 1.165) is 5.69 Å². The van der Waals surface area contributed by atoms with Crippen LogP contribution in [0, 0.1) is 17.0 Å². The van der Waals surface area contributed by atoms with Crippen molar-refractivity contribution in [3.8, 4) is 17.1 Å². The monoisotopic (exact) mass is 491 g/mol. The molecule has 0 N–H and O–H groups in total. The summed E-state index contributed by atoms with van der Waals surface area (Å²) >= 11 is 6.35. The van der Waals surface area contributed by atoms with Crippen molar-refractivity contribution in [2.24, 2.45) is 0 Å². The van der Waals surface area contributed by atoms with Gasteiger partial charge in [-0.1, -0.05) is 29.8 Å². The molecule has 0 spiro atoms. The van der Waals surface area contributed by atoms with E-state index in [2.05, 4.69) is 10.00 Å². The van der Waals surface area contributed by atoms with E-state index in [0.29, 0.717) is 59.8 Å². The molecule has 1 amide bonds. The number of furan rings is 1. The molecule has 178 valence electrons. The van der Waals surface area contributed by atoms with Crippen LogP contribution in [0.1, 0.15) is 16.2 Å². The van der Waals surface area contributed by atoms with Gasteiger partial charge < -0.3 is 14.2 Å². The molecule has 35 heavy (non-hydrogen) atoms. The van der Waals surface area contributed by atoms with Crippen LogP contribution >= 0.6 is 11.6 Å². The Morgan fingerprint density at radius 1 is 1.03 bits per heavy atom. The first-order valence-electron chi connectivity index (χ1n) is 11.1. The summed E-state index contributed by atoms with van der Waals surface area (Å²) in [6, 6.07) is 19.0. The maximum absolute atomic E-state index is 13.6. The number of nitro groups is 1. The molecule has 3 heterocycles. The number of carbonyl (C=O) groups is 1. The van der Waals surface area contributed by atoms with E-state index < -0.39 is 4.92 Å². The number of rotatable bonds is 5. The highest BCUT2D eigenvalue weighted by atomic mass is 35.5. The molecule has 1 aliphatic rings. The zero-order valence-electron chi connectivity index (χ0n) is 18.9. The first kappa shape index (κ1) is 22.7. The van der Waals surface area contributed by atoms with E-state index in [4.69, 9.17) is 16.0 Å². The molecule has 9 nitrogen and oxygen atoms in total. The van der Waals surface area contributed by atoms with Gasteiger partial charge >= 0.3 is 0 Å². The predicted molar refractivity (Wildman–Crippen MR) is 132 cm³/mol. The number of aryl methyl sites for hydroxylation is 1. The quantitative estimate of drug-likeness (QED) is 0.289. The Hall–Kier alpha value is -4.11. The lowest BCUT2D eigenvalue weighted by molar-refractivity contribution is -0.384. The van der Waals surface area contributed by atoms with Crippen molar-refractivity contribution in [1.82, 2.24) is 14.7 Å². The number of halogens is 1. The fraction of sp³-hybridized carbons (Fsp3) is 0.200. The predicted octanol–water partition coefficient (Wildman–Crippen LogP) is 4.96. The smallest absolute Gasteiger partial charge is 0.272 e. The average Bonchev–Trinajstić information content (AvgIpc) is 3.51. The second-order valence-corrected chi connectivity index (χ2v) is 8.65. The largest absolute Gasteiger partial charge is 0.460 e. The van der Waals surface area contributed by atoms with Crippen LogP contribution in [0.5, 0.6) is 0 Å². The molecule has 2 aromatic carbocycles. The normalized spacial score (nSPS) is 13.8. The van der Waals surface area contributed by atoms with Crippen LogP contribution in [-0.4, -0.2) is 51.7 Å². The van der Waals surface area contributed by atoms with Crippen LogP contribution in [0.15, 0.2) is 71.1 Å². The fourth-order valence-corrected chi connectivity index (χ4v) is 4.44. The molecule has 0 radical (unpaired) electrons. The van der Waals surface area contributed by atoms with E-state index in [1.165, 1.54) is 16.8 Å². The van der Waals surface area contributed by atoms with Crippen LogP contribution in [0.4, 0.5) is 11.4 Å². The highest BCUT2D eigenvalue weighted by molar-refractivity contribution is 6.33. The van der Waals surface area contributed by atoms with Gasteiger partial charge in [-0.3, -0.25) is 14.9 Å². The van der Waals surface area contributed by atoms with Crippen LogP contribution in [0.25, 0.3) is 17.1 Å². The Bertz CT molecular complexity index is 1400. The van der Waals surface area contributed by atoms with Gasteiger partial charge in [-0.15, -0.1) is 0 Å². The van der Waals surface area contributed by atoms with E-state index in [1.807, 2.05) is 37.3 Å². The van der Waals surface area contributed by atoms with E-state index in [-0.39, 0.29) is 11.6 Å². The number of aromatic nitrogens is 2. The Kier molecular flexibility index (Phi) is 6.00. The van der Waals surface area contributed by atoms with Gasteiger partial charge in [0.15, 0.2) is 5.76 Å². The summed E-state index contributed by atoms with van der Waals surface area (Å²) in [5.41, 5.74) is 2.06. The molecule has 5 rings (SSSR count). The molecule has 1 fully saturated rings. The summed E-state index contributed by atoms with van der Waals surface area (Å²) in [6.45, 7) is 4.08. The second-order valence-electron chi connectivity index (χ2n) is 8.24. The molecule has 1 saturated heterocycles. The lowest BCUT2D eigenvalue weighted by Crippen LogP contribution is -2.49. The SMILES string of the molecule is Cc1ccc(-c2cc(C(=O)N3CCN(c4ccccc4Cl)CC3)n(-c3cccc([N+](=O)[O-])c3)n2)o1. The van der Waals surface area contributed by atoms with Crippen molar-refractivity contribution < 1.29 is 14.1 Å². The summed E-state index contributed by atoms with van der Waals surface area (Å²) in [5.74, 6) is 1.02. The summed E-state index contributed by atoms with van der Waals surface area (Å²) < 4.78 is 7.15. The Morgan fingerprint density at radius 3 is 2.49 bits per heavy atom. The number of anilines is 1. The van der Waals surface area contributed by atoms with Gasteiger partial charge in [0.05, 0.1) is 21.3 Å². The number of hydrogen-bond donors (Lipinski definition) is 0. The zero-order chi connectivity index (χ0) is 24.5. The number of non-ortho nitro benzene ring substituents is 1. The van der Waals surface area contributed by atoms with Crippen molar-refractivity contribution >= 4 is 28.9 Å². The van der Waals surface area contributed by atoms with Crippen molar-refractivity contribution in [2.45, 2.75) is 6.92 Å². The minimum Gasteiger partial charge on any atom is -0.460 e. The number of piperazine rings is 1. The van der Waals surface area contributed by atoms with Gasteiger partial charge in [0.25, 0.3) is 11.6 Å². The van der Waals surface area contributed by atoms with E-state index in [1.54, 1.807) is 29.2 Å². The van der Waals surface area contributed by atoms with Gasteiger partial charge in [0, 0.05) is 44.4 Å². The highest BCUT2D eigenvalue weighted by Gasteiger charge is 2.28. The Morgan fingerprint density at radius 2 is 1.80 bits per heavy atom. The fourth-order valence-electron chi connectivity index (χ4n) is 4.18. The van der Waals surface area contributed by atoms with Crippen LogP contribution in [-0.2, 0) is 0 Å². The lowest BCUT2D eigenvalue weighted by atomic mass is 10.2. The number of nitro benzene ring substituents is 1. The maximum atomic E-state index is 13.6. The molecule has 2 aromatic heterocycles. The summed E-state index contributed by atoms with van der Waals surface area (Å²) in [7, 11) is 0. The molecule has 10 heteroatoms. The molecule has 0 aliphatic carbocycles. The third-order valence-corrected chi connectivity index (χ3v) is 6.29. The van der Waals surface area contributed by atoms with Crippen LogP contribution < -0.4 is 4.90 Å². The van der Waals surface area contributed by atoms with Crippen molar-refractivity contribution in [1.29, 1.82) is 0 Å². The minimum atomic E-state index is -0.473. The third kappa shape index (κ3) is 4.50. The van der Waals surface area contributed by atoms with Crippen molar-refractivity contribution in [3.05, 3.63) is 93.3 Å². The average molecular weight is 492 g/mol. The molecule has 1 aliphatic heterocycles. The number of benzene rings is 2. The number of amides is 1. The van der Waals surface area contributed by atoms with Crippen LogP contribution in [0.3, 0.4) is 0 Å². The van der Waals surface area contributed by atoms with Gasteiger partial charge in [-0.2, -0.15) is 5.10 Å². The molecule has 0 unspecified atom stereocenters. The maximum Gasteiger partial charge on any atom is 0.272 e. The molecule has 4 aromatic rings. The summed E-state index contributed by atoms with van der Waals surface area (Å²) in [6.07, 6.45) is 0. The van der Waals surface area contributed by atoms with Gasteiger partial charge in [-0.05, 0) is 37.3 Å². The van der Waals surface area contributed by atoms with Gasteiger partial charge in [0.1, 0.15) is 17.1 Å². The second kappa shape index (κ2) is 9.27. The van der Waals surface area contributed by atoms with Crippen molar-refractivity contribution in [3.63, 3.8) is 0 Å². The lowest BCUT2D eigenvalue weighted by Gasteiger charge is -2.36. The van der Waals surface area contributed by atoms with E-state index in [9.17, 15) is 14.9 Å².